The first-order chi connectivity index (χ1) is 9.01. The first-order valence-corrected chi connectivity index (χ1v) is 6.14. The maximum atomic E-state index is 13.5. The number of ether oxygens (including phenoxy) is 1. The van der Waals surface area contributed by atoms with Crippen LogP contribution in [0, 0.1) is 11.6 Å². The van der Waals surface area contributed by atoms with Gasteiger partial charge in [0.25, 0.3) is 5.88 Å². The van der Waals surface area contributed by atoms with Crippen molar-refractivity contribution in [3.63, 3.8) is 0 Å². The van der Waals surface area contributed by atoms with Crippen molar-refractivity contribution in [3.8, 4) is 11.6 Å². The highest BCUT2D eigenvalue weighted by Crippen LogP contribution is 2.32. The standard InChI is InChI=1S/C11H7BrClF2N3O/c12-6-3-5(13)1-2-9(6)19-11-8(15)4-7(14)10(17-11)18-16/h1-4H,16H2,(H,17,18). The van der Waals surface area contributed by atoms with E-state index in [1.54, 1.807) is 12.1 Å². The number of nitrogens with zero attached hydrogens (tertiary/aromatic N) is 1. The van der Waals surface area contributed by atoms with E-state index < -0.39 is 17.5 Å². The second-order valence-corrected chi connectivity index (χ2v) is 4.72. The Hall–Kier alpha value is -1.44. The van der Waals surface area contributed by atoms with Gasteiger partial charge in [-0.1, -0.05) is 11.6 Å². The van der Waals surface area contributed by atoms with Gasteiger partial charge in [-0.3, -0.25) is 0 Å². The van der Waals surface area contributed by atoms with E-state index in [1.807, 2.05) is 5.43 Å². The predicted octanol–water partition coefficient (Wildman–Crippen LogP) is 3.85. The molecule has 0 saturated carbocycles. The number of benzene rings is 1. The van der Waals surface area contributed by atoms with Gasteiger partial charge in [0.05, 0.1) is 4.47 Å². The van der Waals surface area contributed by atoms with E-state index in [2.05, 4.69) is 20.9 Å². The first kappa shape index (κ1) is 14.0. The zero-order valence-electron chi connectivity index (χ0n) is 9.25. The van der Waals surface area contributed by atoms with Gasteiger partial charge in [0, 0.05) is 11.1 Å². The number of nitrogens with two attached hydrogens (primary N) is 1. The fraction of sp³-hybridized carbons (Fsp3) is 0. The molecule has 0 spiro atoms. The molecular formula is C11H7BrClF2N3O. The van der Waals surface area contributed by atoms with Crippen molar-refractivity contribution < 1.29 is 13.5 Å². The fourth-order valence-electron chi connectivity index (χ4n) is 1.28. The second kappa shape index (κ2) is 5.68. The summed E-state index contributed by atoms with van der Waals surface area (Å²) >= 11 is 8.97. The summed E-state index contributed by atoms with van der Waals surface area (Å²) in [7, 11) is 0. The van der Waals surface area contributed by atoms with Crippen LogP contribution in [0.25, 0.3) is 0 Å². The molecule has 2 aromatic rings. The van der Waals surface area contributed by atoms with Crippen molar-refractivity contribution in [1.29, 1.82) is 0 Å². The third-order valence-electron chi connectivity index (χ3n) is 2.13. The molecule has 0 unspecified atom stereocenters. The van der Waals surface area contributed by atoms with Gasteiger partial charge < -0.3 is 10.2 Å². The third kappa shape index (κ3) is 3.12. The number of hydrazine groups is 1. The zero-order valence-corrected chi connectivity index (χ0v) is 11.6. The Morgan fingerprint density at radius 3 is 2.63 bits per heavy atom. The molecule has 0 fully saturated rings. The van der Waals surface area contributed by atoms with Crippen LogP contribution in [0.15, 0.2) is 28.7 Å². The van der Waals surface area contributed by atoms with Crippen LogP contribution in [0.5, 0.6) is 11.6 Å². The number of aromatic nitrogens is 1. The summed E-state index contributed by atoms with van der Waals surface area (Å²) in [4.78, 5) is 3.59. The quantitative estimate of drug-likeness (QED) is 0.652. The van der Waals surface area contributed by atoms with Crippen LogP contribution >= 0.6 is 27.5 Å². The van der Waals surface area contributed by atoms with Crippen LogP contribution in [0.2, 0.25) is 5.02 Å². The Bertz CT molecular complexity index is 627. The zero-order chi connectivity index (χ0) is 14.0. The lowest BCUT2D eigenvalue weighted by molar-refractivity contribution is 0.416. The average molecular weight is 351 g/mol. The molecule has 8 heteroatoms. The smallest absolute Gasteiger partial charge is 0.258 e. The lowest BCUT2D eigenvalue weighted by Crippen LogP contribution is -2.11. The average Bonchev–Trinajstić information content (AvgIpc) is 2.35. The second-order valence-electron chi connectivity index (χ2n) is 3.43. The Morgan fingerprint density at radius 2 is 2.00 bits per heavy atom. The Morgan fingerprint density at radius 1 is 1.26 bits per heavy atom. The SMILES string of the molecule is NNc1nc(Oc2ccc(Cl)cc2Br)c(F)cc1F. The van der Waals surface area contributed by atoms with E-state index in [0.717, 1.165) is 0 Å². The van der Waals surface area contributed by atoms with Gasteiger partial charge in [-0.25, -0.2) is 14.6 Å². The van der Waals surface area contributed by atoms with Crippen molar-refractivity contribution in [1.82, 2.24) is 4.98 Å². The number of halogens is 4. The van der Waals surface area contributed by atoms with Gasteiger partial charge in [-0.15, -0.1) is 0 Å². The van der Waals surface area contributed by atoms with Crippen molar-refractivity contribution >= 4 is 33.3 Å². The van der Waals surface area contributed by atoms with Gasteiger partial charge in [0.1, 0.15) is 5.75 Å². The molecule has 19 heavy (non-hydrogen) atoms. The number of nitrogens with one attached hydrogen (secondary N) is 1. The molecule has 4 nitrogen and oxygen atoms in total. The van der Waals surface area contributed by atoms with E-state index in [0.29, 0.717) is 15.6 Å². The molecule has 100 valence electrons. The minimum atomic E-state index is -0.946. The monoisotopic (exact) mass is 349 g/mol. The minimum absolute atomic E-state index is 0.283. The molecule has 1 heterocycles. The van der Waals surface area contributed by atoms with Crippen molar-refractivity contribution in [2.24, 2.45) is 5.84 Å². The third-order valence-corrected chi connectivity index (χ3v) is 2.99. The first-order valence-electron chi connectivity index (χ1n) is 4.97. The molecule has 0 radical (unpaired) electrons. The lowest BCUT2D eigenvalue weighted by atomic mass is 10.3. The van der Waals surface area contributed by atoms with Crippen LogP contribution in [-0.4, -0.2) is 4.98 Å². The predicted molar refractivity (Wildman–Crippen MR) is 71.2 cm³/mol. The van der Waals surface area contributed by atoms with Gasteiger partial charge in [-0.05, 0) is 34.1 Å². The Labute approximate surface area is 120 Å². The Balaban J connectivity index is 2.37. The van der Waals surface area contributed by atoms with E-state index in [4.69, 9.17) is 22.2 Å². The summed E-state index contributed by atoms with van der Waals surface area (Å²) in [6, 6.07) is 5.28. The van der Waals surface area contributed by atoms with Gasteiger partial charge in [0.15, 0.2) is 17.5 Å². The normalized spacial score (nSPS) is 10.4. The molecule has 0 saturated heterocycles. The molecular weight excluding hydrogens is 343 g/mol. The summed E-state index contributed by atoms with van der Waals surface area (Å²) < 4.78 is 32.4. The van der Waals surface area contributed by atoms with Gasteiger partial charge >= 0.3 is 0 Å². The van der Waals surface area contributed by atoms with Crippen molar-refractivity contribution in [3.05, 3.63) is 45.4 Å². The van der Waals surface area contributed by atoms with E-state index in [9.17, 15) is 8.78 Å². The largest absolute Gasteiger partial charge is 0.435 e. The summed E-state index contributed by atoms with van der Waals surface area (Å²) in [5.74, 6) is 2.75. The van der Waals surface area contributed by atoms with Gasteiger partial charge in [-0.2, -0.15) is 4.98 Å². The van der Waals surface area contributed by atoms with Crippen molar-refractivity contribution in [2.45, 2.75) is 0 Å². The number of pyridine rings is 1. The molecule has 0 bridgehead atoms. The van der Waals surface area contributed by atoms with Crippen LogP contribution in [0.3, 0.4) is 0 Å². The number of nitrogen functional groups attached to an aromatic ring is 1. The number of hydrogen-bond acceptors (Lipinski definition) is 4. The number of anilines is 1. The summed E-state index contributed by atoms with van der Waals surface area (Å²) in [6.07, 6.45) is 0. The van der Waals surface area contributed by atoms with E-state index in [1.165, 1.54) is 6.07 Å². The molecule has 0 aliphatic rings. The molecule has 2 rings (SSSR count). The topological polar surface area (TPSA) is 60.2 Å². The molecule has 0 aliphatic heterocycles. The number of rotatable bonds is 3. The van der Waals surface area contributed by atoms with E-state index >= 15 is 0 Å². The molecule has 0 aliphatic carbocycles. The maximum absolute atomic E-state index is 13.5. The van der Waals surface area contributed by atoms with Gasteiger partial charge in [0.2, 0.25) is 0 Å². The summed E-state index contributed by atoms with van der Waals surface area (Å²) in [6.45, 7) is 0. The highest BCUT2D eigenvalue weighted by Gasteiger charge is 2.14. The minimum Gasteiger partial charge on any atom is -0.435 e. The van der Waals surface area contributed by atoms with Crippen LogP contribution in [0.1, 0.15) is 0 Å². The summed E-state index contributed by atoms with van der Waals surface area (Å²) in [5, 5.41) is 0.482. The lowest BCUT2D eigenvalue weighted by Gasteiger charge is -2.09. The molecule has 0 atom stereocenters. The van der Waals surface area contributed by atoms with Crippen LogP contribution in [0.4, 0.5) is 14.6 Å². The van der Waals surface area contributed by atoms with E-state index in [-0.39, 0.29) is 11.6 Å². The van der Waals surface area contributed by atoms with Crippen molar-refractivity contribution in [2.75, 3.05) is 5.43 Å². The molecule has 1 aromatic carbocycles. The highest BCUT2D eigenvalue weighted by atomic mass is 79.9. The maximum Gasteiger partial charge on any atom is 0.258 e. The molecule has 1 aromatic heterocycles. The van der Waals surface area contributed by atoms with Crippen LogP contribution in [-0.2, 0) is 0 Å². The Kier molecular flexibility index (Phi) is 4.18. The summed E-state index contributed by atoms with van der Waals surface area (Å²) in [5.41, 5.74) is 2.01. The molecule has 3 N–H and O–H groups in total. The molecule has 0 amide bonds. The fourth-order valence-corrected chi connectivity index (χ4v) is 2.05. The van der Waals surface area contributed by atoms with Crippen LogP contribution < -0.4 is 16.0 Å². The number of hydrogen-bond donors (Lipinski definition) is 2. The highest BCUT2D eigenvalue weighted by molar-refractivity contribution is 9.10.